The van der Waals surface area contributed by atoms with E-state index < -0.39 is 86.1 Å². The number of ketones is 4. The van der Waals surface area contributed by atoms with Crippen molar-refractivity contribution in [3.05, 3.63) is 45.7 Å². The summed E-state index contributed by atoms with van der Waals surface area (Å²) in [6.07, 6.45) is 0.0772. The van der Waals surface area contributed by atoms with Gasteiger partial charge in [-0.05, 0) is 30.7 Å². The van der Waals surface area contributed by atoms with Crippen LogP contribution in [0.5, 0.6) is 5.75 Å². The van der Waals surface area contributed by atoms with E-state index >= 15 is 0 Å². The average molecular weight is 569 g/mol. The monoisotopic (exact) mass is 568 g/mol. The summed E-state index contributed by atoms with van der Waals surface area (Å²) < 4.78 is 0. The Hall–Kier alpha value is -3.30. The first-order valence-electron chi connectivity index (χ1n) is 14.2. The van der Waals surface area contributed by atoms with Gasteiger partial charge in [-0.2, -0.15) is 0 Å². The third-order valence-corrected chi connectivity index (χ3v) is 10.1. The van der Waals surface area contributed by atoms with Crippen molar-refractivity contribution in [1.82, 2.24) is 0 Å². The van der Waals surface area contributed by atoms with Gasteiger partial charge < -0.3 is 25.5 Å². The molecular formula is C32H40O9. The van der Waals surface area contributed by atoms with Crippen molar-refractivity contribution in [2.75, 3.05) is 0 Å². The van der Waals surface area contributed by atoms with Crippen molar-refractivity contribution in [2.24, 2.45) is 22.7 Å². The molecule has 0 bridgehead atoms. The maximum absolute atomic E-state index is 14.5. The molecule has 0 heterocycles. The molecule has 0 saturated heterocycles. The highest BCUT2D eigenvalue weighted by Gasteiger charge is 2.77. The van der Waals surface area contributed by atoms with Crippen LogP contribution in [0.25, 0.3) is 5.76 Å². The lowest BCUT2D eigenvalue weighted by Gasteiger charge is -2.63. The van der Waals surface area contributed by atoms with Crippen LogP contribution in [0.1, 0.15) is 90.3 Å². The van der Waals surface area contributed by atoms with Gasteiger partial charge in [0.05, 0.1) is 17.2 Å². The molecule has 6 atom stereocenters. The van der Waals surface area contributed by atoms with Crippen LogP contribution >= 0.6 is 0 Å². The molecule has 9 heteroatoms. The summed E-state index contributed by atoms with van der Waals surface area (Å²) in [6.45, 7) is 10.9. The predicted molar refractivity (Wildman–Crippen MR) is 150 cm³/mol. The number of Topliss-reactive ketones (excluding diaryl/α,β-unsaturated/α-hetero) is 4. The summed E-state index contributed by atoms with van der Waals surface area (Å²) in [7, 11) is 0. The quantitative estimate of drug-likeness (QED) is 0.305. The fourth-order valence-corrected chi connectivity index (χ4v) is 7.79. The van der Waals surface area contributed by atoms with E-state index in [9.17, 15) is 44.7 Å². The second-order valence-corrected chi connectivity index (χ2v) is 12.7. The van der Waals surface area contributed by atoms with Crippen molar-refractivity contribution in [3.63, 3.8) is 0 Å². The van der Waals surface area contributed by atoms with E-state index in [1.54, 1.807) is 39.8 Å². The number of fused-ring (bicyclic) bond motifs is 3. The second kappa shape index (κ2) is 9.91. The van der Waals surface area contributed by atoms with Crippen LogP contribution in [0.4, 0.5) is 0 Å². The lowest BCUT2D eigenvalue weighted by Crippen LogP contribution is -2.75. The highest BCUT2D eigenvalue weighted by molar-refractivity contribution is 6.24. The lowest BCUT2D eigenvalue weighted by atomic mass is 9.40. The number of hydrogen-bond donors (Lipinski definition) is 5. The van der Waals surface area contributed by atoms with Gasteiger partial charge in [-0.25, -0.2) is 0 Å². The molecule has 41 heavy (non-hydrogen) atoms. The zero-order chi connectivity index (χ0) is 31.0. The van der Waals surface area contributed by atoms with E-state index in [2.05, 4.69) is 0 Å². The van der Waals surface area contributed by atoms with Gasteiger partial charge in [0.2, 0.25) is 5.78 Å². The van der Waals surface area contributed by atoms with E-state index in [4.69, 9.17) is 0 Å². The Morgan fingerprint density at radius 1 is 1.07 bits per heavy atom. The normalized spacial score (nSPS) is 33.1. The number of carbonyl (C=O) groups is 4. The zero-order valence-corrected chi connectivity index (χ0v) is 24.7. The number of unbranched alkanes of at least 4 members (excludes halogenated alkanes) is 1. The number of benzene rings is 1. The van der Waals surface area contributed by atoms with Crippen LogP contribution in [0.3, 0.4) is 0 Å². The topological polar surface area (TPSA) is 169 Å². The van der Waals surface area contributed by atoms with E-state index in [0.29, 0.717) is 18.4 Å². The molecule has 3 aliphatic carbocycles. The highest BCUT2D eigenvalue weighted by Crippen LogP contribution is 2.67. The number of allylic oxidation sites excluding steroid dienone is 1. The highest BCUT2D eigenvalue weighted by atomic mass is 16.4. The Bertz CT molecular complexity index is 1430. The van der Waals surface area contributed by atoms with Crippen LogP contribution in [0.15, 0.2) is 29.0 Å². The van der Waals surface area contributed by atoms with Gasteiger partial charge in [0.15, 0.2) is 17.2 Å². The Balaban J connectivity index is 2.04. The maximum atomic E-state index is 14.5. The third-order valence-electron chi connectivity index (χ3n) is 10.1. The van der Waals surface area contributed by atoms with Crippen LogP contribution in [-0.4, -0.2) is 60.4 Å². The fraction of sp³-hybridized carbons (Fsp3) is 0.562. The van der Waals surface area contributed by atoms with Crippen LogP contribution in [0, 0.1) is 22.7 Å². The Labute approximate surface area is 239 Å². The minimum Gasteiger partial charge on any atom is -0.508 e. The first-order valence-corrected chi connectivity index (χ1v) is 14.2. The molecule has 1 fully saturated rings. The summed E-state index contributed by atoms with van der Waals surface area (Å²) in [5.41, 5.74) is -7.08. The van der Waals surface area contributed by atoms with Crippen molar-refractivity contribution in [3.8, 4) is 5.75 Å². The zero-order valence-electron chi connectivity index (χ0n) is 24.7. The second-order valence-electron chi connectivity index (χ2n) is 12.7. The number of rotatable bonds is 7. The van der Waals surface area contributed by atoms with E-state index in [0.717, 1.165) is 13.3 Å². The molecule has 5 N–H and O–H groups in total. The van der Waals surface area contributed by atoms with Gasteiger partial charge in [0, 0.05) is 35.2 Å². The molecule has 1 unspecified atom stereocenters. The van der Waals surface area contributed by atoms with Crippen LogP contribution in [0.2, 0.25) is 0 Å². The van der Waals surface area contributed by atoms with Crippen molar-refractivity contribution in [1.29, 1.82) is 0 Å². The molecule has 9 nitrogen and oxygen atoms in total. The maximum Gasteiger partial charge on any atom is 0.203 e. The smallest absolute Gasteiger partial charge is 0.203 e. The number of aromatic hydroxyl groups is 1. The molecule has 3 aliphatic rings. The molecule has 0 spiro atoms. The molecule has 1 saturated carbocycles. The van der Waals surface area contributed by atoms with Gasteiger partial charge in [0.1, 0.15) is 28.6 Å². The standard InChI is InChI=1S/C32H40O9/c1-8-9-10-18(34)13-17-11-12-19-15(4)30(6)23(26(37)21(19)24(17)35)28(39)32(41)27(38)20(16(5)33)25(36)22(14(2)3)31(32,7)29(30)40/h11-12,14-15,22,29,35,37-38,40-41H,8-10,13H2,1-7H3/t15-,22?,29-,30+,31+,32+/m1/s1. The molecule has 1 aromatic carbocycles. The van der Waals surface area contributed by atoms with Gasteiger partial charge in [-0.15, -0.1) is 0 Å². The summed E-state index contributed by atoms with van der Waals surface area (Å²) in [6, 6.07) is 3.22. The first kappa shape index (κ1) is 30.7. The molecular weight excluding hydrogens is 528 g/mol. The van der Waals surface area contributed by atoms with Crippen LogP contribution in [-0.2, 0) is 25.6 Å². The third kappa shape index (κ3) is 3.74. The molecule has 0 radical (unpaired) electrons. The largest absolute Gasteiger partial charge is 0.508 e. The fourth-order valence-electron chi connectivity index (χ4n) is 7.79. The first-order chi connectivity index (χ1) is 18.9. The number of phenols is 1. The SMILES string of the molecule is CCCCC(=O)Cc1ccc2c(c1O)C(O)=C1C(=O)[C@@]3(O)C(O)=C(C(C)=O)C(=O)C(C(C)C)[C@@]3(C)[C@H](O)[C@@]1(C)[C@@H]2C. The van der Waals surface area contributed by atoms with Crippen molar-refractivity contribution >= 4 is 28.9 Å². The Kier molecular flexibility index (Phi) is 7.41. The number of phenolic OH excluding ortho intramolecular Hbond substituents is 1. The summed E-state index contributed by atoms with van der Waals surface area (Å²) in [4.78, 5) is 53.1. The number of carbonyl (C=O) groups excluding carboxylic acids is 4. The molecule has 0 amide bonds. The Morgan fingerprint density at radius 3 is 2.22 bits per heavy atom. The van der Waals surface area contributed by atoms with Gasteiger partial charge in [0.25, 0.3) is 0 Å². The Morgan fingerprint density at radius 2 is 1.68 bits per heavy atom. The van der Waals surface area contributed by atoms with E-state index in [1.165, 1.54) is 6.92 Å². The number of aliphatic hydroxyl groups excluding tert-OH is 3. The van der Waals surface area contributed by atoms with E-state index in [-0.39, 0.29) is 23.3 Å². The number of aliphatic hydroxyl groups is 4. The lowest BCUT2D eigenvalue weighted by molar-refractivity contribution is -0.215. The molecule has 222 valence electrons. The average Bonchev–Trinajstić information content (AvgIpc) is 2.88. The predicted octanol–water partition coefficient (Wildman–Crippen LogP) is 4.02. The van der Waals surface area contributed by atoms with Gasteiger partial charge in [-0.1, -0.05) is 60.1 Å². The van der Waals surface area contributed by atoms with Crippen molar-refractivity contribution in [2.45, 2.75) is 91.8 Å². The molecule has 0 aliphatic heterocycles. The molecule has 1 aromatic rings. The summed E-state index contributed by atoms with van der Waals surface area (Å²) in [5.74, 6) is -7.66. The number of hydrogen-bond acceptors (Lipinski definition) is 9. The molecule has 4 rings (SSSR count). The molecule has 0 aromatic heterocycles. The summed E-state index contributed by atoms with van der Waals surface area (Å²) >= 11 is 0. The van der Waals surface area contributed by atoms with Gasteiger partial charge >= 0.3 is 0 Å². The van der Waals surface area contributed by atoms with Crippen molar-refractivity contribution < 1.29 is 44.7 Å². The minimum atomic E-state index is -2.93. The summed E-state index contributed by atoms with van der Waals surface area (Å²) in [5, 5.41) is 58.5. The van der Waals surface area contributed by atoms with Crippen LogP contribution < -0.4 is 0 Å². The van der Waals surface area contributed by atoms with E-state index in [1.807, 2.05) is 6.92 Å². The van der Waals surface area contributed by atoms with Gasteiger partial charge in [-0.3, -0.25) is 19.2 Å². The minimum absolute atomic E-state index is 0.0877.